The van der Waals surface area contributed by atoms with Gasteiger partial charge in [-0.2, -0.15) is 5.10 Å². The van der Waals surface area contributed by atoms with E-state index in [0.29, 0.717) is 5.82 Å². The van der Waals surface area contributed by atoms with Gasteiger partial charge in [-0.15, -0.1) is 11.3 Å². The topological polar surface area (TPSA) is 73.0 Å². The number of aryl methyl sites for hydroxylation is 1. The van der Waals surface area contributed by atoms with E-state index in [2.05, 4.69) is 51.8 Å². The lowest BCUT2D eigenvalue weighted by molar-refractivity contribution is -0.115. The number of hydrogen-bond donors (Lipinski definition) is 1. The Morgan fingerprint density at radius 3 is 2.50 bits per heavy atom. The van der Waals surface area contributed by atoms with E-state index in [0.717, 1.165) is 27.9 Å². The van der Waals surface area contributed by atoms with Crippen molar-refractivity contribution in [2.75, 3.05) is 5.32 Å². The van der Waals surface area contributed by atoms with Crippen molar-refractivity contribution in [2.24, 2.45) is 0 Å². The molecule has 6 nitrogen and oxygen atoms in total. The molecule has 0 atom stereocenters. The van der Waals surface area contributed by atoms with Crippen LogP contribution in [0.4, 0.5) is 5.82 Å². The highest BCUT2D eigenvalue weighted by Crippen LogP contribution is 2.29. The minimum absolute atomic E-state index is 0.0963. The Morgan fingerprint density at radius 1 is 1.21 bits per heavy atom. The first-order valence-electron chi connectivity index (χ1n) is 9.35. The zero-order valence-corrected chi connectivity index (χ0v) is 18.4. The van der Waals surface area contributed by atoms with Crippen LogP contribution in [0.2, 0.25) is 0 Å². The molecule has 3 aromatic heterocycles. The van der Waals surface area contributed by atoms with Crippen LogP contribution in [0.3, 0.4) is 0 Å². The Labute approximate surface area is 170 Å². The average molecular weight is 401 g/mol. The van der Waals surface area contributed by atoms with Crippen LogP contribution in [0.25, 0.3) is 10.8 Å². The summed E-state index contributed by atoms with van der Waals surface area (Å²) >= 11 is 1.48. The molecular formula is C21H28N4O2S. The number of anilines is 1. The van der Waals surface area contributed by atoms with Crippen molar-refractivity contribution in [3.05, 3.63) is 40.7 Å². The number of amides is 1. The van der Waals surface area contributed by atoms with E-state index in [-0.39, 0.29) is 23.3 Å². The van der Waals surface area contributed by atoms with Gasteiger partial charge in [0.05, 0.1) is 23.3 Å². The number of thiazole rings is 1. The number of carbonyl (C=O) groups excluding carboxylic acids is 1. The largest absolute Gasteiger partial charge is 0.459 e. The van der Waals surface area contributed by atoms with E-state index in [1.165, 1.54) is 11.3 Å². The smallest absolute Gasteiger partial charge is 0.231 e. The fourth-order valence-electron chi connectivity index (χ4n) is 2.75. The summed E-state index contributed by atoms with van der Waals surface area (Å²) in [4.78, 5) is 17.2. The summed E-state index contributed by atoms with van der Waals surface area (Å²) in [5.41, 5.74) is 1.34. The molecule has 28 heavy (non-hydrogen) atoms. The number of nitrogens with one attached hydrogen (secondary N) is 1. The summed E-state index contributed by atoms with van der Waals surface area (Å²) in [7, 11) is 0. The molecular weight excluding hydrogens is 372 g/mol. The molecule has 0 bridgehead atoms. The van der Waals surface area contributed by atoms with Crippen LogP contribution in [0, 0.1) is 6.92 Å². The van der Waals surface area contributed by atoms with E-state index >= 15 is 0 Å². The molecule has 0 fully saturated rings. The SMILES string of the molecule is Cc1ccc(-c2nc(CC(=O)Nc3cc(C(C)(C)C)nn3C(C)(C)C)cs2)o1. The van der Waals surface area contributed by atoms with Crippen molar-refractivity contribution >= 4 is 23.1 Å². The Hall–Kier alpha value is -2.41. The summed E-state index contributed by atoms with van der Waals surface area (Å²) in [5, 5.41) is 10.4. The summed E-state index contributed by atoms with van der Waals surface area (Å²) in [6.45, 7) is 14.4. The molecule has 7 heteroatoms. The van der Waals surface area contributed by atoms with Crippen molar-refractivity contribution in [2.45, 2.75) is 65.8 Å². The molecule has 0 aliphatic rings. The standard InChI is InChI=1S/C21H28N4O2S/c1-13-8-9-15(27-13)19-22-14(12-28-19)10-18(26)23-17-11-16(20(2,3)4)24-25(17)21(5,6)7/h8-9,11-12H,10H2,1-7H3,(H,23,26). The number of rotatable bonds is 4. The first kappa shape index (κ1) is 20.3. The molecule has 0 saturated carbocycles. The molecule has 3 rings (SSSR count). The molecule has 1 N–H and O–H groups in total. The van der Waals surface area contributed by atoms with Gasteiger partial charge in [0.2, 0.25) is 5.91 Å². The summed E-state index contributed by atoms with van der Waals surface area (Å²) in [6.07, 6.45) is 0.205. The highest BCUT2D eigenvalue weighted by molar-refractivity contribution is 7.13. The highest BCUT2D eigenvalue weighted by atomic mass is 32.1. The second kappa shape index (κ2) is 7.20. The lowest BCUT2D eigenvalue weighted by atomic mass is 9.92. The average Bonchev–Trinajstić information content (AvgIpc) is 3.25. The third kappa shape index (κ3) is 4.52. The zero-order valence-electron chi connectivity index (χ0n) is 17.6. The first-order chi connectivity index (χ1) is 12.9. The summed E-state index contributed by atoms with van der Waals surface area (Å²) in [5.74, 6) is 2.17. The maximum absolute atomic E-state index is 12.7. The van der Waals surface area contributed by atoms with Crippen molar-refractivity contribution in [1.29, 1.82) is 0 Å². The van der Waals surface area contributed by atoms with Gasteiger partial charge < -0.3 is 9.73 Å². The van der Waals surface area contributed by atoms with Gasteiger partial charge in [-0.3, -0.25) is 4.79 Å². The van der Waals surface area contributed by atoms with E-state index in [1.807, 2.05) is 35.2 Å². The number of nitrogens with zero attached hydrogens (tertiary/aromatic N) is 3. The van der Waals surface area contributed by atoms with Gasteiger partial charge >= 0.3 is 0 Å². The maximum Gasteiger partial charge on any atom is 0.231 e. The lowest BCUT2D eigenvalue weighted by Gasteiger charge is -2.23. The van der Waals surface area contributed by atoms with Gasteiger partial charge in [-0.05, 0) is 39.8 Å². The fraction of sp³-hybridized carbons (Fsp3) is 0.476. The van der Waals surface area contributed by atoms with E-state index in [9.17, 15) is 4.79 Å². The lowest BCUT2D eigenvalue weighted by Crippen LogP contribution is -2.27. The minimum Gasteiger partial charge on any atom is -0.459 e. The van der Waals surface area contributed by atoms with Crippen LogP contribution in [0.5, 0.6) is 0 Å². The molecule has 150 valence electrons. The van der Waals surface area contributed by atoms with Crippen LogP contribution in [0.15, 0.2) is 28.0 Å². The van der Waals surface area contributed by atoms with Crippen molar-refractivity contribution in [3.8, 4) is 10.8 Å². The van der Waals surface area contributed by atoms with Crippen molar-refractivity contribution < 1.29 is 9.21 Å². The second-order valence-corrected chi connectivity index (χ2v) is 9.88. The minimum atomic E-state index is -0.239. The van der Waals surface area contributed by atoms with E-state index in [4.69, 9.17) is 9.52 Å². The van der Waals surface area contributed by atoms with Crippen LogP contribution in [-0.4, -0.2) is 20.7 Å². The Balaban J connectivity index is 1.76. The molecule has 0 aromatic carbocycles. The Kier molecular flexibility index (Phi) is 5.23. The van der Waals surface area contributed by atoms with Crippen LogP contribution < -0.4 is 5.32 Å². The van der Waals surface area contributed by atoms with Crippen molar-refractivity contribution in [3.63, 3.8) is 0 Å². The summed E-state index contributed by atoms with van der Waals surface area (Å²) in [6, 6.07) is 5.76. The maximum atomic E-state index is 12.7. The molecule has 0 aliphatic carbocycles. The predicted molar refractivity (Wildman–Crippen MR) is 113 cm³/mol. The summed E-state index contributed by atoms with van der Waals surface area (Å²) < 4.78 is 7.49. The highest BCUT2D eigenvalue weighted by Gasteiger charge is 2.26. The monoisotopic (exact) mass is 400 g/mol. The van der Waals surface area contributed by atoms with Gasteiger partial charge in [-0.1, -0.05) is 20.8 Å². The number of furan rings is 1. The molecule has 3 aromatic rings. The zero-order chi connectivity index (χ0) is 20.7. The first-order valence-corrected chi connectivity index (χ1v) is 10.2. The molecule has 0 spiro atoms. The van der Waals surface area contributed by atoms with Gasteiger partial charge in [0.15, 0.2) is 10.8 Å². The molecule has 3 heterocycles. The number of carbonyl (C=O) groups is 1. The third-order valence-corrected chi connectivity index (χ3v) is 5.13. The molecule has 0 unspecified atom stereocenters. The van der Waals surface area contributed by atoms with Gasteiger partial charge in [0.25, 0.3) is 0 Å². The van der Waals surface area contributed by atoms with Gasteiger partial charge in [0, 0.05) is 16.9 Å². The van der Waals surface area contributed by atoms with Crippen LogP contribution in [0.1, 0.15) is 58.7 Å². The molecule has 0 radical (unpaired) electrons. The van der Waals surface area contributed by atoms with Crippen molar-refractivity contribution in [1.82, 2.24) is 14.8 Å². The van der Waals surface area contributed by atoms with E-state index < -0.39 is 0 Å². The quantitative estimate of drug-likeness (QED) is 0.658. The molecule has 1 amide bonds. The molecule has 0 aliphatic heterocycles. The van der Waals surface area contributed by atoms with Crippen LogP contribution >= 0.6 is 11.3 Å². The van der Waals surface area contributed by atoms with Crippen LogP contribution in [-0.2, 0) is 22.2 Å². The number of aromatic nitrogens is 3. The third-order valence-electron chi connectivity index (χ3n) is 4.23. The predicted octanol–water partition coefficient (Wildman–Crippen LogP) is 5.14. The van der Waals surface area contributed by atoms with E-state index in [1.54, 1.807) is 0 Å². The Bertz CT molecular complexity index is 983. The molecule has 0 saturated heterocycles. The number of hydrogen-bond acceptors (Lipinski definition) is 5. The Morgan fingerprint density at radius 2 is 1.93 bits per heavy atom. The second-order valence-electron chi connectivity index (χ2n) is 9.03. The fourth-order valence-corrected chi connectivity index (χ4v) is 3.53. The van der Waals surface area contributed by atoms with Gasteiger partial charge in [0.1, 0.15) is 11.6 Å². The van der Waals surface area contributed by atoms with Gasteiger partial charge in [-0.25, -0.2) is 9.67 Å². The normalized spacial score (nSPS) is 12.4.